The molecule has 0 radical (unpaired) electrons. The molecule has 2 heterocycles. The molecule has 0 spiro atoms. The van der Waals surface area contributed by atoms with E-state index < -0.39 is 0 Å². The van der Waals surface area contributed by atoms with Gasteiger partial charge in [-0.25, -0.2) is 0 Å². The molecule has 0 aromatic rings. The van der Waals surface area contributed by atoms with Crippen LogP contribution in [0.3, 0.4) is 0 Å². The van der Waals surface area contributed by atoms with Crippen LogP contribution in [0, 0.1) is 0 Å². The molecule has 3 heteroatoms. The van der Waals surface area contributed by atoms with Gasteiger partial charge in [-0.05, 0) is 25.8 Å². The average Bonchev–Trinajstić information content (AvgIpc) is 2.60. The maximum absolute atomic E-state index is 3.50. The van der Waals surface area contributed by atoms with Gasteiger partial charge in [0.1, 0.15) is 0 Å². The molecular formula is C8H17N3. The van der Waals surface area contributed by atoms with Crippen molar-refractivity contribution in [2.75, 3.05) is 19.6 Å². The van der Waals surface area contributed by atoms with Crippen molar-refractivity contribution in [1.82, 2.24) is 16.0 Å². The lowest BCUT2D eigenvalue weighted by atomic mass is 10.1. The molecule has 3 N–H and O–H groups in total. The molecule has 0 amide bonds. The molecule has 0 bridgehead atoms. The molecular weight excluding hydrogens is 138 g/mol. The first-order chi connectivity index (χ1) is 5.45. The van der Waals surface area contributed by atoms with Gasteiger partial charge in [0.2, 0.25) is 0 Å². The molecule has 0 aromatic heterocycles. The second-order valence-corrected chi connectivity index (χ2v) is 3.49. The second-order valence-electron chi connectivity index (χ2n) is 3.49. The summed E-state index contributed by atoms with van der Waals surface area (Å²) in [6.07, 6.45) is 4.54. The lowest BCUT2D eigenvalue weighted by Gasteiger charge is -2.15. The minimum Gasteiger partial charge on any atom is -0.314 e. The Balaban J connectivity index is 1.71. The van der Waals surface area contributed by atoms with Gasteiger partial charge in [-0.2, -0.15) is 0 Å². The monoisotopic (exact) mass is 155 g/mol. The Bertz CT molecular complexity index is 101. The number of hydrogen-bond acceptors (Lipinski definition) is 3. The van der Waals surface area contributed by atoms with E-state index in [4.69, 9.17) is 0 Å². The molecule has 11 heavy (non-hydrogen) atoms. The fourth-order valence-electron chi connectivity index (χ4n) is 1.97. The normalized spacial score (nSPS) is 33.3. The zero-order valence-electron chi connectivity index (χ0n) is 6.90. The lowest BCUT2D eigenvalue weighted by Crippen LogP contribution is -2.37. The first-order valence-corrected chi connectivity index (χ1v) is 4.65. The Labute approximate surface area is 67.9 Å². The highest BCUT2D eigenvalue weighted by molar-refractivity contribution is 4.82. The van der Waals surface area contributed by atoms with Crippen molar-refractivity contribution in [3.63, 3.8) is 0 Å². The smallest absolute Gasteiger partial charge is 0.0587 e. The summed E-state index contributed by atoms with van der Waals surface area (Å²) in [6.45, 7) is 3.49. The molecule has 2 aliphatic heterocycles. The summed E-state index contributed by atoms with van der Waals surface area (Å²) in [5, 5.41) is 10.4. The van der Waals surface area contributed by atoms with Gasteiger partial charge < -0.3 is 16.0 Å². The molecule has 0 aliphatic carbocycles. The third-order valence-electron chi connectivity index (χ3n) is 2.59. The summed E-state index contributed by atoms with van der Waals surface area (Å²) in [6, 6.07) is 0.762. The average molecular weight is 155 g/mol. The van der Waals surface area contributed by atoms with Crippen molar-refractivity contribution in [2.24, 2.45) is 0 Å². The van der Waals surface area contributed by atoms with Crippen LogP contribution in [0.15, 0.2) is 0 Å². The topological polar surface area (TPSA) is 36.1 Å². The summed E-state index contributed by atoms with van der Waals surface area (Å²) in [5.74, 6) is 0. The van der Waals surface area contributed by atoms with E-state index in [0.717, 1.165) is 19.1 Å². The van der Waals surface area contributed by atoms with E-state index in [-0.39, 0.29) is 0 Å². The van der Waals surface area contributed by atoms with Gasteiger partial charge in [0.25, 0.3) is 0 Å². The van der Waals surface area contributed by atoms with Crippen LogP contribution in [-0.2, 0) is 0 Å². The van der Waals surface area contributed by atoms with Crippen LogP contribution in [0.5, 0.6) is 0 Å². The van der Waals surface area contributed by atoms with Crippen LogP contribution in [0.1, 0.15) is 19.3 Å². The maximum atomic E-state index is 3.50. The Hall–Kier alpha value is -0.120. The van der Waals surface area contributed by atoms with Crippen LogP contribution in [-0.4, -0.2) is 31.8 Å². The highest BCUT2D eigenvalue weighted by atomic mass is 15.2. The van der Waals surface area contributed by atoms with Gasteiger partial charge in [0.05, 0.1) is 6.17 Å². The van der Waals surface area contributed by atoms with Crippen LogP contribution in [0.4, 0.5) is 0 Å². The molecule has 0 aromatic carbocycles. The van der Waals surface area contributed by atoms with Crippen LogP contribution < -0.4 is 16.0 Å². The van der Waals surface area contributed by atoms with E-state index in [9.17, 15) is 0 Å². The SMILES string of the molecule is C1CNC(CC2NCCN2)C1. The fourth-order valence-corrected chi connectivity index (χ4v) is 1.97. The number of rotatable bonds is 2. The van der Waals surface area contributed by atoms with Crippen molar-refractivity contribution in [1.29, 1.82) is 0 Å². The van der Waals surface area contributed by atoms with E-state index in [1.165, 1.54) is 25.8 Å². The minimum atomic E-state index is 0.575. The van der Waals surface area contributed by atoms with Crippen molar-refractivity contribution in [2.45, 2.75) is 31.5 Å². The Morgan fingerprint density at radius 1 is 1.00 bits per heavy atom. The van der Waals surface area contributed by atoms with E-state index in [0.29, 0.717) is 6.17 Å². The quantitative estimate of drug-likeness (QED) is 0.510. The summed E-state index contributed by atoms with van der Waals surface area (Å²) in [7, 11) is 0. The van der Waals surface area contributed by atoms with Crippen LogP contribution in [0.25, 0.3) is 0 Å². The van der Waals surface area contributed by atoms with Gasteiger partial charge in [-0.15, -0.1) is 0 Å². The summed E-state index contributed by atoms with van der Waals surface area (Å²) >= 11 is 0. The Morgan fingerprint density at radius 3 is 2.45 bits per heavy atom. The first kappa shape index (κ1) is 7.53. The van der Waals surface area contributed by atoms with E-state index in [1.807, 2.05) is 0 Å². The van der Waals surface area contributed by atoms with Crippen LogP contribution >= 0.6 is 0 Å². The van der Waals surface area contributed by atoms with E-state index in [2.05, 4.69) is 16.0 Å². The second kappa shape index (κ2) is 3.52. The largest absolute Gasteiger partial charge is 0.314 e. The molecule has 2 saturated heterocycles. The summed E-state index contributed by atoms with van der Waals surface area (Å²) in [4.78, 5) is 0. The Morgan fingerprint density at radius 2 is 1.82 bits per heavy atom. The van der Waals surface area contributed by atoms with E-state index in [1.54, 1.807) is 0 Å². The van der Waals surface area contributed by atoms with Gasteiger partial charge in [-0.3, -0.25) is 0 Å². The first-order valence-electron chi connectivity index (χ1n) is 4.65. The number of nitrogens with one attached hydrogen (secondary N) is 3. The third-order valence-corrected chi connectivity index (χ3v) is 2.59. The predicted molar refractivity (Wildman–Crippen MR) is 45.4 cm³/mol. The van der Waals surface area contributed by atoms with E-state index >= 15 is 0 Å². The van der Waals surface area contributed by atoms with Crippen molar-refractivity contribution >= 4 is 0 Å². The number of hydrogen-bond donors (Lipinski definition) is 3. The zero-order chi connectivity index (χ0) is 7.52. The highest BCUT2D eigenvalue weighted by Crippen LogP contribution is 2.10. The zero-order valence-corrected chi connectivity index (χ0v) is 6.90. The maximum Gasteiger partial charge on any atom is 0.0587 e. The summed E-state index contributed by atoms with van der Waals surface area (Å²) < 4.78 is 0. The predicted octanol–water partition coefficient (Wildman–Crippen LogP) is -0.353. The molecule has 2 fully saturated rings. The lowest BCUT2D eigenvalue weighted by molar-refractivity contribution is 0.433. The van der Waals surface area contributed by atoms with Crippen molar-refractivity contribution < 1.29 is 0 Å². The van der Waals surface area contributed by atoms with Gasteiger partial charge in [0, 0.05) is 19.1 Å². The third kappa shape index (κ3) is 1.92. The molecule has 1 atom stereocenters. The molecule has 2 rings (SSSR count). The van der Waals surface area contributed by atoms with Gasteiger partial charge in [-0.1, -0.05) is 0 Å². The minimum absolute atomic E-state index is 0.575. The highest BCUT2D eigenvalue weighted by Gasteiger charge is 2.20. The molecule has 64 valence electrons. The van der Waals surface area contributed by atoms with Gasteiger partial charge >= 0.3 is 0 Å². The fraction of sp³-hybridized carbons (Fsp3) is 1.00. The Kier molecular flexibility index (Phi) is 2.41. The molecule has 0 saturated carbocycles. The van der Waals surface area contributed by atoms with Crippen molar-refractivity contribution in [3.8, 4) is 0 Å². The molecule has 1 unspecified atom stereocenters. The standard InChI is InChI=1S/C8H17N3/c1-2-7(9-3-1)6-8-10-4-5-11-8/h7-11H,1-6H2. The molecule has 2 aliphatic rings. The van der Waals surface area contributed by atoms with Crippen LogP contribution in [0.2, 0.25) is 0 Å². The summed E-state index contributed by atoms with van der Waals surface area (Å²) in [5.41, 5.74) is 0. The molecule has 3 nitrogen and oxygen atoms in total. The van der Waals surface area contributed by atoms with Crippen molar-refractivity contribution in [3.05, 3.63) is 0 Å². The van der Waals surface area contributed by atoms with Gasteiger partial charge in [0.15, 0.2) is 0 Å².